The fourth-order valence-electron chi connectivity index (χ4n) is 1.89. The largest absolute Gasteiger partial charge is 0.317 e. The third-order valence-corrected chi connectivity index (χ3v) is 3.95. The SMILES string of the molecule is Cn1cnnc1SCCC1CCNCC1. The molecule has 2 rings (SSSR count). The van der Waals surface area contributed by atoms with Crippen LogP contribution in [-0.2, 0) is 7.05 Å². The molecule has 1 N–H and O–H groups in total. The number of aryl methyl sites for hydroxylation is 1. The summed E-state index contributed by atoms with van der Waals surface area (Å²) in [4.78, 5) is 0. The molecule has 0 radical (unpaired) electrons. The molecule has 2 heterocycles. The Balaban J connectivity index is 1.68. The summed E-state index contributed by atoms with van der Waals surface area (Å²) in [5, 5.41) is 12.4. The number of hydrogen-bond donors (Lipinski definition) is 1. The third kappa shape index (κ3) is 3.21. The first-order chi connectivity index (χ1) is 7.36. The summed E-state index contributed by atoms with van der Waals surface area (Å²) in [5.74, 6) is 2.07. The van der Waals surface area contributed by atoms with Crippen LogP contribution in [0, 0.1) is 5.92 Å². The van der Waals surface area contributed by atoms with E-state index in [0.29, 0.717) is 0 Å². The second kappa shape index (κ2) is 5.51. The smallest absolute Gasteiger partial charge is 0.190 e. The van der Waals surface area contributed by atoms with Gasteiger partial charge in [-0.15, -0.1) is 10.2 Å². The van der Waals surface area contributed by atoms with Crippen molar-refractivity contribution in [3.63, 3.8) is 0 Å². The highest BCUT2D eigenvalue weighted by atomic mass is 32.2. The Morgan fingerprint density at radius 2 is 2.33 bits per heavy atom. The van der Waals surface area contributed by atoms with Crippen LogP contribution in [0.25, 0.3) is 0 Å². The molecule has 0 aliphatic carbocycles. The molecule has 1 aliphatic heterocycles. The van der Waals surface area contributed by atoms with Crippen LogP contribution in [0.15, 0.2) is 11.5 Å². The van der Waals surface area contributed by atoms with Crippen molar-refractivity contribution in [1.82, 2.24) is 20.1 Å². The molecule has 84 valence electrons. The fourth-order valence-corrected chi connectivity index (χ4v) is 2.88. The Bertz CT molecular complexity index is 293. The summed E-state index contributed by atoms with van der Waals surface area (Å²) < 4.78 is 1.98. The van der Waals surface area contributed by atoms with Gasteiger partial charge in [0.1, 0.15) is 6.33 Å². The average molecular weight is 226 g/mol. The van der Waals surface area contributed by atoms with Crippen LogP contribution in [0.3, 0.4) is 0 Å². The number of thioether (sulfide) groups is 1. The van der Waals surface area contributed by atoms with Crippen LogP contribution < -0.4 is 5.32 Å². The van der Waals surface area contributed by atoms with Crippen molar-refractivity contribution in [1.29, 1.82) is 0 Å². The highest BCUT2D eigenvalue weighted by molar-refractivity contribution is 7.99. The number of rotatable bonds is 4. The van der Waals surface area contributed by atoms with E-state index in [0.717, 1.165) is 16.8 Å². The maximum Gasteiger partial charge on any atom is 0.190 e. The first kappa shape index (κ1) is 11.0. The van der Waals surface area contributed by atoms with Gasteiger partial charge in [0.25, 0.3) is 0 Å². The Hall–Kier alpha value is -0.550. The van der Waals surface area contributed by atoms with Gasteiger partial charge in [0.15, 0.2) is 5.16 Å². The molecule has 0 unspecified atom stereocenters. The van der Waals surface area contributed by atoms with Gasteiger partial charge < -0.3 is 9.88 Å². The molecule has 0 aromatic carbocycles. The fraction of sp³-hybridized carbons (Fsp3) is 0.800. The molecule has 1 fully saturated rings. The summed E-state index contributed by atoms with van der Waals surface area (Å²) in [6, 6.07) is 0. The van der Waals surface area contributed by atoms with Crippen molar-refractivity contribution in [3.8, 4) is 0 Å². The Kier molecular flexibility index (Phi) is 4.02. The zero-order valence-corrected chi connectivity index (χ0v) is 9.96. The van der Waals surface area contributed by atoms with Crippen LogP contribution in [-0.4, -0.2) is 33.6 Å². The average Bonchev–Trinajstić information content (AvgIpc) is 2.66. The molecule has 1 aromatic rings. The molecule has 0 atom stereocenters. The summed E-state index contributed by atoms with van der Waals surface area (Å²) in [7, 11) is 1.99. The number of nitrogens with zero attached hydrogens (tertiary/aromatic N) is 3. The highest BCUT2D eigenvalue weighted by Gasteiger charge is 2.13. The van der Waals surface area contributed by atoms with Crippen molar-refractivity contribution in [3.05, 3.63) is 6.33 Å². The summed E-state index contributed by atoms with van der Waals surface area (Å²) in [6.45, 7) is 2.39. The molecular formula is C10H18N4S. The molecule has 1 aromatic heterocycles. The highest BCUT2D eigenvalue weighted by Crippen LogP contribution is 2.21. The van der Waals surface area contributed by atoms with E-state index in [4.69, 9.17) is 0 Å². The zero-order chi connectivity index (χ0) is 10.5. The quantitative estimate of drug-likeness (QED) is 0.786. The van der Waals surface area contributed by atoms with Gasteiger partial charge in [-0.2, -0.15) is 0 Å². The standard InChI is InChI=1S/C10H18N4S/c1-14-8-12-13-10(14)15-7-4-9-2-5-11-6-3-9/h8-9,11H,2-7H2,1H3. The Labute approximate surface area is 94.8 Å². The monoisotopic (exact) mass is 226 g/mol. The maximum atomic E-state index is 4.06. The minimum Gasteiger partial charge on any atom is -0.317 e. The summed E-state index contributed by atoms with van der Waals surface area (Å²) >= 11 is 1.82. The van der Waals surface area contributed by atoms with E-state index in [1.54, 1.807) is 6.33 Å². The van der Waals surface area contributed by atoms with E-state index in [9.17, 15) is 0 Å². The van der Waals surface area contributed by atoms with Crippen molar-refractivity contribution >= 4 is 11.8 Å². The number of aromatic nitrogens is 3. The number of nitrogens with one attached hydrogen (secondary N) is 1. The molecule has 15 heavy (non-hydrogen) atoms. The van der Waals surface area contributed by atoms with Crippen molar-refractivity contribution in [2.75, 3.05) is 18.8 Å². The summed E-state index contributed by atoms with van der Waals surface area (Å²) in [5.41, 5.74) is 0. The molecule has 1 aliphatic rings. The minimum atomic E-state index is 0.909. The number of hydrogen-bond acceptors (Lipinski definition) is 4. The third-order valence-electron chi connectivity index (χ3n) is 2.89. The first-order valence-electron chi connectivity index (χ1n) is 5.54. The van der Waals surface area contributed by atoms with Gasteiger partial charge in [-0.3, -0.25) is 0 Å². The van der Waals surface area contributed by atoms with Crippen LogP contribution in [0.5, 0.6) is 0 Å². The predicted octanol–water partition coefficient (Wildman–Crippen LogP) is 1.30. The van der Waals surface area contributed by atoms with Crippen LogP contribution >= 0.6 is 11.8 Å². The lowest BCUT2D eigenvalue weighted by atomic mass is 9.96. The van der Waals surface area contributed by atoms with Gasteiger partial charge in [0.05, 0.1) is 0 Å². The summed E-state index contributed by atoms with van der Waals surface area (Å²) in [6.07, 6.45) is 5.73. The second-order valence-corrected chi connectivity index (χ2v) is 5.12. The van der Waals surface area contributed by atoms with Gasteiger partial charge in [-0.05, 0) is 38.3 Å². The lowest BCUT2D eigenvalue weighted by Gasteiger charge is -2.21. The first-order valence-corrected chi connectivity index (χ1v) is 6.52. The lowest BCUT2D eigenvalue weighted by molar-refractivity contribution is 0.367. The lowest BCUT2D eigenvalue weighted by Crippen LogP contribution is -2.27. The zero-order valence-electron chi connectivity index (χ0n) is 9.15. The topological polar surface area (TPSA) is 42.7 Å². The molecule has 0 amide bonds. The van der Waals surface area contributed by atoms with Gasteiger partial charge in [0.2, 0.25) is 0 Å². The second-order valence-electron chi connectivity index (χ2n) is 4.05. The van der Waals surface area contributed by atoms with Gasteiger partial charge >= 0.3 is 0 Å². The Morgan fingerprint density at radius 1 is 1.53 bits per heavy atom. The van der Waals surface area contributed by atoms with Crippen LogP contribution in [0.2, 0.25) is 0 Å². The van der Waals surface area contributed by atoms with Crippen LogP contribution in [0.1, 0.15) is 19.3 Å². The van der Waals surface area contributed by atoms with E-state index < -0.39 is 0 Å². The molecule has 5 heteroatoms. The maximum absolute atomic E-state index is 4.06. The van der Waals surface area contributed by atoms with E-state index in [2.05, 4.69) is 15.5 Å². The van der Waals surface area contributed by atoms with Gasteiger partial charge in [0, 0.05) is 12.8 Å². The van der Waals surface area contributed by atoms with E-state index >= 15 is 0 Å². The molecule has 0 spiro atoms. The van der Waals surface area contributed by atoms with E-state index in [-0.39, 0.29) is 0 Å². The number of piperidine rings is 1. The van der Waals surface area contributed by atoms with Gasteiger partial charge in [-0.25, -0.2) is 0 Å². The molecule has 4 nitrogen and oxygen atoms in total. The van der Waals surface area contributed by atoms with Crippen molar-refractivity contribution < 1.29 is 0 Å². The Morgan fingerprint density at radius 3 is 3.00 bits per heavy atom. The molecule has 0 saturated carbocycles. The predicted molar refractivity (Wildman–Crippen MR) is 61.9 cm³/mol. The van der Waals surface area contributed by atoms with E-state index in [1.807, 2.05) is 23.4 Å². The van der Waals surface area contributed by atoms with E-state index in [1.165, 1.54) is 32.4 Å². The molecule has 0 bridgehead atoms. The van der Waals surface area contributed by atoms with Crippen molar-refractivity contribution in [2.45, 2.75) is 24.4 Å². The minimum absolute atomic E-state index is 0.909. The molecule has 1 saturated heterocycles. The van der Waals surface area contributed by atoms with Gasteiger partial charge in [-0.1, -0.05) is 11.8 Å². The van der Waals surface area contributed by atoms with Crippen molar-refractivity contribution in [2.24, 2.45) is 13.0 Å². The van der Waals surface area contributed by atoms with Crippen LogP contribution in [0.4, 0.5) is 0 Å². The molecular weight excluding hydrogens is 208 g/mol. The normalized spacial score (nSPS) is 18.2.